The van der Waals surface area contributed by atoms with E-state index in [4.69, 9.17) is 9.47 Å². The molecule has 0 amide bonds. The molecule has 160 valence electrons. The van der Waals surface area contributed by atoms with Crippen LogP contribution in [0.2, 0.25) is 0 Å². The molecule has 0 saturated carbocycles. The number of hydrogen-bond acceptors (Lipinski definition) is 7. The van der Waals surface area contributed by atoms with Gasteiger partial charge in [-0.2, -0.15) is 5.10 Å². The maximum absolute atomic E-state index is 13.9. The fraction of sp³-hybridized carbons (Fsp3) is 0.143. The Morgan fingerprint density at radius 1 is 1.26 bits per heavy atom. The van der Waals surface area contributed by atoms with Crippen LogP contribution < -0.4 is 14.9 Å². The SMILES string of the molecule is CCOc1cc(/C=N/Nc2ccc([N+](=O)[O-])cn2)cc(Br)c1OCc1ccccc1F. The molecule has 0 aliphatic carbocycles. The Hall–Kier alpha value is -3.53. The van der Waals surface area contributed by atoms with Crippen molar-refractivity contribution in [2.75, 3.05) is 12.0 Å². The number of anilines is 1. The number of nitrogens with zero attached hydrogens (tertiary/aromatic N) is 3. The number of nitro groups is 1. The average Bonchev–Trinajstić information content (AvgIpc) is 2.75. The van der Waals surface area contributed by atoms with Crippen molar-refractivity contribution in [3.05, 3.63) is 86.3 Å². The number of pyridine rings is 1. The average molecular weight is 489 g/mol. The van der Waals surface area contributed by atoms with Gasteiger partial charge in [0.2, 0.25) is 0 Å². The van der Waals surface area contributed by atoms with Gasteiger partial charge < -0.3 is 9.47 Å². The first-order valence-corrected chi connectivity index (χ1v) is 9.99. The number of nitrogens with one attached hydrogen (secondary N) is 1. The minimum atomic E-state index is -0.525. The van der Waals surface area contributed by atoms with Crippen molar-refractivity contribution in [3.63, 3.8) is 0 Å². The highest BCUT2D eigenvalue weighted by molar-refractivity contribution is 9.10. The van der Waals surface area contributed by atoms with E-state index in [1.165, 1.54) is 24.4 Å². The number of halogens is 2. The summed E-state index contributed by atoms with van der Waals surface area (Å²) in [6.45, 7) is 2.30. The maximum Gasteiger partial charge on any atom is 0.287 e. The summed E-state index contributed by atoms with van der Waals surface area (Å²) in [7, 11) is 0. The molecule has 0 unspecified atom stereocenters. The molecule has 0 fully saturated rings. The highest BCUT2D eigenvalue weighted by Crippen LogP contribution is 2.37. The normalized spacial score (nSPS) is 10.8. The number of rotatable bonds is 9. The van der Waals surface area contributed by atoms with Gasteiger partial charge in [-0.05, 0) is 52.7 Å². The molecule has 2 aromatic carbocycles. The predicted octanol–water partition coefficient (Wildman–Crippen LogP) is 5.32. The van der Waals surface area contributed by atoms with E-state index in [-0.39, 0.29) is 18.1 Å². The molecule has 31 heavy (non-hydrogen) atoms. The number of benzene rings is 2. The minimum Gasteiger partial charge on any atom is -0.490 e. The summed E-state index contributed by atoms with van der Waals surface area (Å²) >= 11 is 3.46. The van der Waals surface area contributed by atoms with Crippen LogP contribution in [0.5, 0.6) is 11.5 Å². The van der Waals surface area contributed by atoms with Crippen LogP contribution >= 0.6 is 15.9 Å². The Morgan fingerprint density at radius 2 is 2.06 bits per heavy atom. The molecule has 0 atom stereocenters. The van der Waals surface area contributed by atoms with Gasteiger partial charge in [0.15, 0.2) is 11.5 Å². The van der Waals surface area contributed by atoms with Crippen LogP contribution in [-0.4, -0.2) is 22.7 Å². The van der Waals surface area contributed by atoms with Crippen LogP contribution in [0.4, 0.5) is 15.9 Å². The molecule has 0 aliphatic heterocycles. The summed E-state index contributed by atoms with van der Waals surface area (Å²) in [5.74, 6) is 0.942. The van der Waals surface area contributed by atoms with Crippen LogP contribution in [0.3, 0.4) is 0 Å². The van der Waals surface area contributed by atoms with Gasteiger partial charge in [0, 0.05) is 11.6 Å². The van der Waals surface area contributed by atoms with Crippen LogP contribution in [0.1, 0.15) is 18.1 Å². The first kappa shape index (κ1) is 22.2. The molecule has 8 nitrogen and oxygen atoms in total. The van der Waals surface area contributed by atoms with Crippen molar-refractivity contribution in [1.29, 1.82) is 0 Å². The second-order valence-electron chi connectivity index (χ2n) is 6.17. The monoisotopic (exact) mass is 488 g/mol. The van der Waals surface area contributed by atoms with Crippen molar-refractivity contribution in [3.8, 4) is 11.5 Å². The van der Waals surface area contributed by atoms with E-state index in [2.05, 4.69) is 31.4 Å². The van der Waals surface area contributed by atoms with Gasteiger partial charge in [0.25, 0.3) is 5.69 Å². The molecule has 3 aromatic rings. The van der Waals surface area contributed by atoms with E-state index in [1.54, 1.807) is 30.3 Å². The predicted molar refractivity (Wildman–Crippen MR) is 118 cm³/mol. The van der Waals surface area contributed by atoms with Gasteiger partial charge in [-0.15, -0.1) is 0 Å². The zero-order chi connectivity index (χ0) is 22.2. The summed E-state index contributed by atoms with van der Waals surface area (Å²) in [5.41, 5.74) is 3.73. The van der Waals surface area contributed by atoms with Gasteiger partial charge in [-0.1, -0.05) is 18.2 Å². The third-order valence-electron chi connectivity index (χ3n) is 4.01. The summed E-state index contributed by atoms with van der Waals surface area (Å²) in [6.07, 6.45) is 2.68. The van der Waals surface area contributed by atoms with Crippen LogP contribution in [0, 0.1) is 15.9 Å². The molecule has 0 saturated heterocycles. The van der Waals surface area contributed by atoms with E-state index in [0.29, 0.717) is 39.5 Å². The van der Waals surface area contributed by atoms with Crippen molar-refractivity contribution in [2.24, 2.45) is 5.10 Å². The summed E-state index contributed by atoms with van der Waals surface area (Å²) in [6, 6.07) is 12.7. The van der Waals surface area contributed by atoms with Gasteiger partial charge in [-0.3, -0.25) is 15.5 Å². The molecule has 0 spiro atoms. The van der Waals surface area contributed by atoms with Gasteiger partial charge in [-0.25, -0.2) is 9.37 Å². The van der Waals surface area contributed by atoms with Crippen LogP contribution in [0.15, 0.2) is 64.3 Å². The number of hydrogen-bond donors (Lipinski definition) is 1. The van der Waals surface area contributed by atoms with Crippen LogP contribution in [-0.2, 0) is 6.61 Å². The standard InChI is InChI=1S/C21H18BrFN4O4/c1-2-30-19-10-14(11-25-26-20-8-7-16(12-24-20)27(28)29)9-17(22)21(19)31-13-15-5-3-4-6-18(15)23/h3-12H,2,13H2,1H3,(H,24,26)/b25-11+. The van der Waals surface area contributed by atoms with E-state index >= 15 is 0 Å². The van der Waals surface area contributed by atoms with E-state index in [0.717, 1.165) is 6.20 Å². The van der Waals surface area contributed by atoms with Crippen molar-refractivity contribution < 1.29 is 18.8 Å². The van der Waals surface area contributed by atoms with Gasteiger partial charge >= 0.3 is 0 Å². The third-order valence-corrected chi connectivity index (χ3v) is 4.60. The lowest BCUT2D eigenvalue weighted by atomic mass is 10.2. The molecular weight excluding hydrogens is 471 g/mol. The Kier molecular flexibility index (Phi) is 7.50. The largest absolute Gasteiger partial charge is 0.490 e. The summed E-state index contributed by atoms with van der Waals surface area (Å²) in [5, 5.41) is 14.8. The topological polar surface area (TPSA) is 98.9 Å². The van der Waals surface area contributed by atoms with Gasteiger partial charge in [0.05, 0.1) is 22.2 Å². The van der Waals surface area contributed by atoms with E-state index in [9.17, 15) is 14.5 Å². The number of aromatic nitrogens is 1. The number of ether oxygens (including phenoxy) is 2. The highest BCUT2D eigenvalue weighted by atomic mass is 79.9. The molecule has 1 N–H and O–H groups in total. The van der Waals surface area contributed by atoms with Gasteiger partial charge in [0.1, 0.15) is 24.4 Å². The lowest BCUT2D eigenvalue weighted by Gasteiger charge is -2.15. The fourth-order valence-corrected chi connectivity index (χ4v) is 3.14. The molecule has 3 rings (SSSR count). The molecule has 1 aromatic heterocycles. The minimum absolute atomic E-state index is 0.0478. The quantitative estimate of drug-likeness (QED) is 0.248. The van der Waals surface area contributed by atoms with Crippen LogP contribution in [0.25, 0.3) is 0 Å². The maximum atomic E-state index is 13.9. The molecule has 1 heterocycles. The lowest BCUT2D eigenvalue weighted by Crippen LogP contribution is -2.03. The van der Waals surface area contributed by atoms with Crippen molar-refractivity contribution in [1.82, 2.24) is 4.98 Å². The Bertz CT molecular complexity index is 1090. The van der Waals surface area contributed by atoms with Crippen molar-refractivity contribution >= 4 is 33.6 Å². The fourth-order valence-electron chi connectivity index (χ4n) is 2.56. The smallest absolute Gasteiger partial charge is 0.287 e. The third kappa shape index (κ3) is 5.98. The second-order valence-corrected chi connectivity index (χ2v) is 7.03. The van der Waals surface area contributed by atoms with E-state index in [1.807, 2.05) is 6.92 Å². The Balaban J connectivity index is 1.73. The van der Waals surface area contributed by atoms with E-state index < -0.39 is 4.92 Å². The Labute approximate surface area is 186 Å². The molecule has 10 heteroatoms. The first-order chi connectivity index (χ1) is 15.0. The van der Waals surface area contributed by atoms with Crippen molar-refractivity contribution in [2.45, 2.75) is 13.5 Å². The summed E-state index contributed by atoms with van der Waals surface area (Å²) in [4.78, 5) is 14.1. The number of hydrazone groups is 1. The second kappa shape index (κ2) is 10.5. The zero-order valence-electron chi connectivity index (χ0n) is 16.4. The zero-order valence-corrected chi connectivity index (χ0v) is 18.0. The molecule has 0 bridgehead atoms. The summed E-state index contributed by atoms with van der Waals surface area (Å²) < 4.78 is 26.0. The molecular formula is C21H18BrFN4O4. The lowest BCUT2D eigenvalue weighted by molar-refractivity contribution is -0.385. The molecule has 0 aliphatic rings. The highest BCUT2D eigenvalue weighted by Gasteiger charge is 2.13. The molecule has 0 radical (unpaired) electrons. The first-order valence-electron chi connectivity index (χ1n) is 9.20. The Morgan fingerprint density at radius 3 is 2.74 bits per heavy atom.